The minimum atomic E-state index is -0.921. The monoisotopic (exact) mass is 356 g/mol. The van der Waals surface area contributed by atoms with E-state index in [1.165, 1.54) is 13.2 Å². The molecule has 1 saturated heterocycles. The van der Waals surface area contributed by atoms with Crippen LogP contribution in [0, 0.1) is 5.92 Å². The zero-order valence-electron chi connectivity index (χ0n) is 15.1. The molecule has 0 saturated carbocycles. The van der Waals surface area contributed by atoms with Crippen molar-refractivity contribution in [2.75, 3.05) is 7.11 Å². The van der Waals surface area contributed by atoms with E-state index in [9.17, 15) is 19.5 Å². The number of ketones is 2. The normalized spacial score (nSPS) is 26.8. The second kappa shape index (κ2) is 5.19. The van der Waals surface area contributed by atoms with Gasteiger partial charge in [0.25, 0.3) is 0 Å². The van der Waals surface area contributed by atoms with E-state index in [-0.39, 0.29) is 40.1 Å². The zero-order valence-corrected chi connectivity index (χ0v) is 15.1. The highest BCUT2D eigenvalue weighted by Crippen LogP contribution is 2.54. The van der Waals surface area contributed by atoms with Crippen LogP contribution in [0.3, 0.4) is 0 Å². The predicted molar refractivity (Wildman–Crippen MR) is 91.1 cm³/mol. The molecule has 26 heavy (non-hydrogen) atoms. The molecule has 2 heterocycles. The lowest BCUT2D eigenvalue weighted by atomic mass is 9.64. The van der Waals surface area contributed by atoms with E-state index < -0.39 is 23.1 Å². The molecule has 136 valence electrons. The summed E-state index contributed by atoms with van der Waals surface area (Å²) in [4.78, 5) is 38.6. The van der Waals surface area contributed by atoms with Crippen LogP contribution in [0.4, 0.5) is 0 Å². The number of phenols is 1. The van der Waals surface area contributed by atoms with Gasteiger partial charge in [-0.05, 0) is 37.3 Å². The fourth-order valence-electron chi connectivity index (χ4n) is 4.43. The second-order valence-electron chi connectivity index (χ2n) is 7.63. The maximum atomic E-state index is 13.2. The molecule has 2 aliphatic heterocycles. The maximum Gasteiger partial charge on any atom is 0.316 e. The molecule has 0 aromatic heterocycles. The van der Waals surface area contributed by atoms with Crippen LogP contribution >= 0.6 is 0 Å². The van der Waals surface area contributed by atoms with Crippen molar-refractivity contribution in [2.45, 2.75) is 45.1 Å². The average Bonchev–Trinajstić information content (AvgIpc) is 2.58. The first-order chi connectivity index (χ1) is 12.2. The quantitative estimate of drug-likeness (QED) is 0.820. The highest BCUT2D eigenvalue weighted by Gasteiger charge is 2.53. The average molecular weight is 356 g/mol. The summed E-state index contributed by atoms with van der Waals surface area (Å²) >= 11 is 0. The summed E-state index contributed by atoms with van der Waals surface area (Å²) in [5.41, 5.74) is 0.562. The maximum absolute atomic E-state index is 13.2. The minimum absolute atomic E-state index is 0.00299. The molecule has 1 aromatic rings. The molecule has 0 spiro atoms. The molecule has 0 amide bonds. The number of aromatic hydroxyl groups is 1. The van der Waals surface area contributed by atoms with E-state index in [0.717, 1.165) is 0 Å². The van der Waals surface area contributed by atoms with Gasteiger partial charge in [-0.3, -0.25) is 14.4 Å². The molecule has 2 aliphatic carbocycles. The van der Waals surface area contributed by atoms with Crippen molar-refractivity contribution in [1.29, 1.82) is 0 Å². The van der Waals surface area contributed by atoms with Crippen LogP contribution in [0.1, 0.15) is 71.6 Å². The Kier molecular flexibility index (Phi) is 3.36. The number of Topliss-reactive ketones (excluding diaryl/α,β-unsaturated/α-hetero) is 2. The minimum Gasteiger partial charge on any atom is -0.507 e. The van der Waals surface area contributed by atoms with E-state index in [0.29, 0.717) is 24.0 Å². The third kappa shape index (κ3) is 1.84. The Labute approximate surface area is 150 Å². The summed E-state index contributed by atoms with van der Waals surface area (Å²) in [5, 5.41) is 10.6. The molecule has 6 nitrogen and oxygen atoms in total. The fraction of sp³-hybridized carbons (Fsp3) is 0.450. The first-order valence-electron chi connectivity index (χ1n) is 8.71. The summed E-state index contributed by atoms with van der Waals surface area (Å²) in [6.07, 6.45) is 0.578. The predicted octanol–water partition coefficient (Wildman–Crippen LogP) is 2.98. The number of hydrogen-bond acceptors (Lipinski definition) is 6. The summed E-state index contributed by atoms with van der Waals surface area (Å²) in [5.74, 6) is -1.72. The second-order valence-corrected chi connectivity index (χ2v) is 7.63. The van der Waals surface area contributed by atoms with Gasteiger partial charge in [0.2, 0.25) is 5.78 Å². The highest BCUT2D eigenvalue weighted by molar-refractivity contribution is 6.28. The van der Waals surface area contributed by atoms with E-state index >= 15 is 0 Å². The van der Waals surface area contributed by atoms with Gasteiger partial charge in [0.05, 0.1) is 18.1 Å². The number of ether oxygens (including phenoxy) is 2. The van der Waals surface area contributed by atoms with Crippen molar-refractivity contribution >= 4 is 17.5 Å². The number of carbonyl (C=O) groups excluding carboxylic acids is 3. The Morgan fingerprint density at radius 1 is 1.23 bits per heavy atom. The first-order valence-corrected chi connectivity index (χ1v) is 8.71. The third-order valence-electron chi connectivity index (χ3n) is 5.80. The lowest BCUT2D eigenvalue weighted by Gasteiger charge is -2.45. The van der Waals surface area contributed by atoms with Gasteiger partial charge in [0.15, 0.2) is 11.5 Å². The standard InChI is InChI=1S/C20H20O6/c1-8(2)12-16(22)14-10(21)7-9-13(15(14)17(23)18(12)25-4)11-5-6-20(9,3)19(24)26-11/h7-8,11,21H,5-6H2,1-4H3/t11?,20-/m0/s1. The summed E-state index contributed by atoms with van der Waals surface area (Å²) in [7, 11) is 1.36. The SMILES string of the molecule is COC1=C(C(C)C)C(=O)c2c(O)cc3c(c2C1=O)C1CC[C@]3(C)C(=O)O1. The number of hydrogen-bond donors (Lipinski definition) is 1. The third-order valence-corrected chi connectivity index (χ3v) is 5.80. The van der Waals surface area contributed by atoms with Gasteiger partial charge in [-0.25, -0.2) is 0 Å². The lowest BCUT2D eigenvalue weighted by Crippen LogP contribution is -2.47. The van der Waals surface area contributed by atoms with Crippen molar-refractivity contribution in [3.05, 3.63) is 39.7 Å². The van der Waals surface area contributed by atoms with Crippen molar-refractivity contribution in [3.8, 4) is 5.75 Å². The molecular formula is C20H20O6. The zero-order chi connectivity index (χ0) is 19.0. The summed E-state index contributed by atoms with van der Waals surface area (Å²) in [6.45, 7) is 5.34. The smallest absolute Gasteiger partial charge is 0.316 e. The topological polar surface area (TPSA) is 89.9 Å². The van der Waals surface area contributed by atoms with Gasteiger partial charge in [0, 0.05) is 16.7 Å². The van der Waals surface area contributed by atoms with Gasteiger partial charge >= 0.3 is 5.97 Å². The molecule has 2 atom stereocenters. The number of benzene rings is 1. The molecule has 1 N–H and O–H groups in total. The number of fused-ring (bicyclic) bond motifs is 3. The van der Waals surface area contributed by atoms with Gasteiger partial charge in [-0.15, -0.1) is 0 Å². The van der Waals surface area contributed by atoms with Crippen LogP contribution in [0.15, 0.2) is 17.4 Å². The van der Waals surface area contributed by atoms with E-state index in [2.05, 4.69) is 0 Å². The van der Waals surface area contributed by atoms with Crippen molar-refractivity contribution in [2.24, 2.45) is 5.92 Å². The molecule has 5 rings (SSSR count). The summed E-state index contributed by atoms with van der Waals surface area (Å²) in [6, 6.07) is 1.46. The molecular weight excluding hydrogens is 336 g/mol. The van der Waals surface area contributed by atoms with Crippen LogP contribution in [0.25, 0.3) is 0 Å². The molecule has 4 aliphatic rings. The highest BCUT2D eigenvalue weighted by atomic mass is 16.5. The number of esters is 1. The van der Waals surface area contributed by atoms with Gasteiger partial charge in [-0.2, -0.15) is 0 Å². The molecule has 2 bridgehead atoms. The number of allylic oxidation sites excluding steroid dienone is 2. The van der Waals surface area contributed by atoms with Gasteiger partial charge < -0.3 is 14.6 Å². The Bertz CT molecular complexity index is 923. The van der Waals surface area contributed by atoms with Gasteiger partial charge in [0.1, 0.15) is 11.9 Å². The molecule has 0 radical (unpaired) electrons. The molecule has 6 heteroatoms. The molecule has 1 fully saturated rings. The van der Waals surface area contributed by atoms with E-state index in [1.807, 2.05) is 0 Å². The first kappa shape index (κ1) is 16.8. The Hall–Kier alpha value is -2.63. The Morgan fingerprint density at radius 2 is 1.92 bits per heavy atom. The van der Waals surface area contributed by atoms with Crippen molar-refractivity contribution in [1.82, 2.24) is 0 Å². The van der Waals surface area contributed by atoms with Crippen LogP contribution in [0.2, 0.25) is 0 Å². The van der Waals surface area contributed by atoms with Crippen molar-refractivity contribution < 1.29 is 29.0 Å². The Morgan fingerprint density at radius 3 is 2.50 bits per heavy atom. The largest absolute Gasteiger partial charge is 0.507 e. The number of carbonyl (C=O) groups is 3. The number of methoxy groups -OCH3 is 1. The Balaban J connectivity index is 2.07. The number of rotatable bonds is 2. The van der Waals surface area contributed by atoms with E-state index in [4.69, 9.17) is 9.47 Å². The fourth-order valence-corrected chi connectivity index (χ4v) is 4.43. The van der Waals surface area contributed by atoms with Crippen molar-refractivity contribution in [3.63, 3.8) is 0 Å². The van der Waals surface area contributed by atoms with E-state index in [1.54, 1.807) is 20.8 Å². The van der Waals surface area contributed by atoms with Crippen LogP contribution in [-0.2, 0) is 19.7 Å². The summed E-state index contributed by atoms with van der Waals surface area (Å²) < 4.78 is 10.8. The van der Waals surface area contributed by atoms with Crippen LogP contribution in [0.5, 0.6) is 5.75 Å². The number of phenolic OH excluding ortho intramolecular Hbond substituents is 1. The molecule has 1 aromatic carbocycles. The van der Waals surface area contributed by atoms with Crippen LogP contribution in [-0.4, -0.2) is 29.8 Å². The van der Waals surface area contributed by atoms with Gasteiger partial charge in [-0.1, -0.05) is 13.8 Å². The molecule has 1 unspecified atom stereocenters. The lowest BCUT2D eigenvalue weighted by molar-refractivity contribution is -0.166. The van der Waals surface area contributed by atoms with Crippen LogP contribution < -0.4 is 0 Å².